The van der Waals surface area contributed by atoms with Gasteiger partial charge in [0.2, 0.25) is 0 Å². The van der Waals surface area contributed by atoms with E-state index in [0.29, 0.717) is 0 Å². The fraction of sp³-hybridized carbons (Fsp3) is 0. The molecule has 0 heterocycles. The number of hydrogen-bond acceptors (Lipinski definition) is 3. The number of urea groups is 1. The Morgan fingerprint density at radius 1 is 1.75 bits per heavy atom. The Labute approximate surface area is 43.3 Å². The van der Waals surface area contributed by atoms with Crippen molar-refractivity contribution in [2.24, 2.45) is 16.1 Å². The average Bonchev–Trinajstić information content (AvgIpc) is 1.61. The number of amides is 2. The van der Waals surface area contributed by atoms with E-state index in [-0.39, 0.29) is 0 Å². The van der Waals surface area contributed by atoms with Gasteiger partial charge in [0, 0.05) is 0 Å². The molecule has 44 valence electrons. The summed E-state index contributed by atoms with van der Waals surface area (Å²) in [5.74, 6) is 0. The molecule has 2 N–H and O–H groups in total. The van der Waals surface area contributed by atoms with Gasteiger partial charge in [0.25, 0.3) is 0 Å². The lowest BCUT2D eigenvalue weighted by Crippen LogP contribution is -2.03. The zero-order valence-corrected chi connectivity index (χ0v) is 3.64. The molecule has 8 heavy (non-hydrogen) atoms. The smallest absolute Gasteiger partial charge is 0.337 e. The molecule has 0 fully saturated rings. The summed E-state index contributed by atoms with van der Waals surface area (Å²) in [5.41, 5.74) is 4.34. The molecule has 7 nitrogen and oxygen atoms in total. The molecule has 0 radical (unpaired) electrons. The lowest BCUT2D eigenvalue weighted by molar-refractivity contribution is -0.493. The van der Waals surface area contributed by atoms with Crippen LogP contribution >= 0.6 is 0 Å². The van der Waals surface area contributed by atoms with Crippen LogP contribution in [0, 0.1) is 10.1 Å². The van der Waals surface area contributed by atoms with Crippen molar-refractivity contribution in [3.63, 3.8) is 0 Å². The largest absolute Gasteiger partial charge is 0.472 e. The molecular weight excluding hydrogens is 116 g/mol. The Morgan fingerprint density at radius 3 is 2.38 bits per heavy atom. The van der Waals surface area contributed by atoms with Gasteiger partial charge in [-0.3, -0.25) is 0 Å². The molecule has 0 bridgehead atoms. The maximum Gasteiger partial charge on any atom is 0.472 e. The first-order chi connectivity index (χ1) is 3.63. The van der Waals surface area contributed by atoms with Crippen molar-refractivity contribution in [3.05, 3.63) is 10.1 Å². The summed E-state index contributed by atoms with van der Waals surface area (Å²) in [4.78, 5) is 18.8. The molecule has 0 atom stereocenters. The van der Waals surface area contributed by atoms with Gasteiger partial charge in [-0.1, -0.05) is 0 Å². The van der Waals surface area contributed by atoms with Gasteiger partial charge < -0.3 is 15.8 Å². The minimum atomic E-state index is -1.18. The highest BCUT2D eigenvalue weighted by molar-refractivity contribution is 5.71. The summed E-state index contributed by atoms with van der Waals surface area (Å²) in [6.07, 6.45) is 0. The number of carbonyl (C=O) groups is 1. The highest BCUT2D eigenvalue weighted by Gasteiger charge is 1.95. The van der Waals surface area contributed by atoms with Crippen molar-refractivity contribution in [1.82, 2.24) is 0 Å². The van der Waals surface area contributed by atoms with E-state index < -0.39 is 11.1 Å². The van der Waals surface area contributed by atoms with Crippen LogP contribution in [0.5, 0.6) is 0 Å². The van der Waals surface area contributed by atoms with Crippen molar-refractivity contribution < 1.29 is 9.83 Å². The van der Waals surface area contributed by atoms with Gasteiger partial charge in [-0.15, -0.1) is 0 Å². The number of nitro groups is 1. The summed E-state index contributed by atoms with van der Waals surface area (Å²) in [6.45, 7) is 0. The van der Waals surface area contributed by atoms with E-state index in [1.165, 1.54) is 0 Å². The fourth-order valence-corrected chi connectivity index (χ4v) is 0.0806. The van der Waals surface area contributed by atoms with Crippen LogP contribution in [0.25, 0.3) is 0 Å². The number of nitrogens with zero attached hydrogens (tertiary/aromatic N) is 3. The molecule has 2 amide bonds. The quantitative estimate of drug-likeness (QED) is 0.290. The normalized spacial score (nSPS) is 9.50. The van der Waals surface area contributed by atoms with Crippen LogP contribution in [-0.2, 0) is 0 Å². The van der Waals surface area contributed by atoms with Crippen molar-refractivity contribution in [2.45, 2.75) is 0 Å². The maximum atomic E-state index is 9.56. The van der Waals surface area contributed by atoms with E-state index in [1.54, 1.807) is 0 Å². The first kappa shape index (κ1) is 6.47. The molecule has 0 aliphatic carbocycles. The summed E-state index contributed by atoms with van der Waals surface area (Å²) in [5, 5.41) is 12.7. The van der Waals surface area contributed by atoms with Crippen LogP contribution in [0.15, 0.2) is 10.3 Å². The molecule has 0 saturated heterocycles. The lowest BCUT2D eigenvalue weighted by atomic mass is 11.2. The first-order valence-electron chi connectivity index (χ1n) is 1.48. The molecule has 0 rings (SSSR count). The molecular formula is CH2N4O3. The molecule has 0 spiro atoms. The van der Waals surface area contributed by atoms with Gasteiger partial charge in [-0.05, 0) is 0 Å². The highest BCUT2D eigenvalue weighted by atomic mass is 16.7. The Kier molecular flexibility index (Phi) is 2.11. The van der Waals surface area contributed by atoms with Gasteiger partial charge in [0.05, 0.1) is 5.03 Å². The van der Waals surface area contributed by atoms with Crippen LogP contribution in [0.1, 0.15) is 0 Å². The van der Waals surface area contributed by atoms with Crippen LogP contribution in [-0.4, -0.2) is 11.1 Å². The third-order valence-corrected chi connectivity index (χ3v) is 0.216. The highest BCUT2D eigenvalue weighted by Crippen LogP contribution is 1.73. The number of rotatable bonds is 1. The Hall–Kier alpha value is -1.53. The van der Waals surface area contributed by atoms with E-state index in [0.717, 1.165) is 0 Å². The predicted molar refractivity (Wildman–Crippen MR) is 21.4 cm³/mol. The van der Waals surface area contributed by atoms with E-state index in [1.807, 2.05) is 0 Å². The third-order valence-electron chi connectivity index (χ3n) is 0.216. The summed E-state index contributed by atoms with van der Waals surface area (Å²) in [7, 11) is 0. The van der Waals surface area contributed by atoms with E-state index in [9.17, 15) is 14.9 Å². The number of primary amides is 1. The maximum absolute atomic E-state index is 9.56. The number of carbonyl (C=O) groups excluding carboxylic acids is 1. The molecule has 0 saturated carbocycles. The molecule has 0 aliphatic rings. The third kappa shape index (κ3) is 4.47. The molecule has 0 aliphatic heterocycles. The van der Waals surface area contributed by atoms with Crippen LogP contribution in [0.4, 0.5) is 4.79 Å². The predicted octanol–water partition coefficient (Wildman–Crippen LogP) is -0.291. The van der Waals surface area contributed by atoms with Crippen molar-refractivity contribution in [2.75, 3.05) is 0 Å². The van der Waals surface area contributed by atoms with E-state index >= 15 is 0 Å². The van der Waals surface area contributed by atoms with Crippen molar-refractivity contribution in [1.29, 1.82) is 0 Å². The van der Waals surface area contributed by atoms with Gasteiger partial charge in [-0.2, -0.15) is 0 Å². The van der Waals surface area contributed by atoms with Crippen LogP contribution in [0.2, 0.25) is 0 Å². The summed E-state index contributed by atoms with van der Waals surface area (Å²) >= 11 is 0. The average molecular weight is 118 g/mol. The molecule has 0 aromatic rings. The SMILES string of the molecule is NC(=O)N=N[N+](=O)[O-]. The molecule has 0 aromatic carbocycles. The van der Waals surface area contributed by atoms with Crippen LogP contribution in [0.3, 0.4) is 0 Å². The van der Waals surface area contributed by atoms with Gasteiger partial charge >= 0.3 is 6.03 Å². The minimum Gasteiger partial charge on any atom is -0.337 e. The molecule has 0 aromatic heterocycles. The number of hydrogen-bond donors (Lipinski definition) is 1. The van der Waals surface area contributed by atoms with Crippen molar-refractivity contribution >= 4 is 6.03 Å². The second kappa shape index (κ2) is 2.61. The van der Waals surface area contributed by atoms with E-state index in [4.69, 9.17) is 0 Å². The van der Waals surface area contributed by atoms with Crippen LogP contribution < -0.4 is 5.73 Å². The zero-order valence-electron chi connectivity index (χ0n) is 3.64. The lowest BCUT2D eigenvalue weighted by Gasteiger charge is -1.72. The molecule has 0 unspecified atom stereocenters. The first-order valence-corrected chi connectivity index (χ1v) is 1.48. The van der Waals surface area contributed by atoms with Crippen molar-refractivity contribution in [3.8, 4) is 0 Å². The summed E-state index contributed by atoms with van der Waals surface area (Å²) in [6, 6.07) is -1.18. The fourth-order valence-electron chi connectivity index (χ4n) is 0.0806. The zero-order chi connectivity index (χ0) is 6.57. The Morgan fingerprint density at radius 2 is 2.25 bits per heavy atom. The summed E-state index contributed by atoms with van der Waals surface area (Å²) < 4.78 is 0. The monoisotopic (exact) mass is 118 g/mol. The number of nitrogens with two attached hydrogens (primary N) is 1. The Balaban J connectivity index is 3.67. The second-order valence-corrected chi connectivity index (χ2v) is 0.766. The van der Waals surface area contributed by atoms with Gasteiger partial charge in [0.15, 0.2) is 5.22 Å². The minimum absolute atomic E-state index is 1.12. The van der Waals surface area contributed by atoms with E-state index in [2.05, 4.69) is 16.1 Å². The second-order valence-electron chi connectivity index (χ2n) is 0.766. The van der Waals surface area contributed by atoms with Gasteiger partial charge in [-0.25, -0.2) is 4.79 Å². The van der Waals surface area contributed by atoms with Gasteiger partial charge in [0.1, 0.15) is 5.11 Å². The Bertz CT molecular complexity index is 122. The standard InChI is InChI=1S/CH2N4O3/c2-1(6)3-4-5(7)8/h(H2,2,6). The topological polar surface area (TPSA) is 111 Å². The molecule has 7 heteroatoms.